The number of fused-ring (bicyclic) bond motifs is 5. The van der Waals surface area contributed by atoms with Crippen LogP contribution in [0.4, 0.5) is 0 Å². The van der Waals surface area contributed by atoms with Crippen molar-refractivity contribution >= 4 is 33.6 Å². The molecule has 0 saturated carbocycles. The highest BCUT2D eigenvalue weighted by Crippen LogP contribution is 2.42. The molecule has 4 aromatic carbocycles. The van der Waals surface area contributed by atoms with E-state index in [-0.39, 0.29) is 17.4 Å². The average molecular weight is 598 g/mol. The van der Waals surface area contributed by atoms with Gasteiger partial charge in [-0.15, -0.1) is 0 Å². The van der Waals surface area contributed by atoms with Gasteiger partial charge >= 0.3 is 5.97 Å². The minimum absolute atomic E-state index is 0.0176. The quantitative estimate of drug-likeness (QED) is 0.102. The van der Waals surface area contributed by atoms with Gasteiger partial charge in [-0.1, -0.05) is 94.8 Å². The Balaban J connectivity index is 1.44. The Morgan fingerprint density at radius 3 is 2.47 bits per heavy atom. The highest BCUT2D eigenvalue weighted by atomic mass is 16.5. The predicted molar refractivity (Wildman–Crippen MR) is 186 cm³/mol. The third-order valence-electron chi connectivity index (χ3n) is 9.42. The van der Waals surface area contributed by atoms with Crippen molar-refractivity contribution in [3.63, 3.8) is 0 Å². The van der Waals surface area contributed by atoms with Crippen molar-refractivity contribution in [1.82, 2.24) is 4.90 Å². The highest BCUT2D eigenvalue weighted by molar-refractivity contribution is 6.10. The van der Waals surface area contributed by atoms with Crippen LogP contribution in [0.25, 0.3) is 27.6 Å². The van der Waals surface area contributed by atoms with Crippen molar-refractivity contribution < 1.29 is 14.1 Å². The topological polar surface area (TPSA) is 33.4 Å². The largest absolute Gasteiger partial charge is 0.461 e. The molecule has 0 spiro atoms. The lowest BCUT2D eigenvalue weighted by atomic mass is 9.80. The second-order valence-electron chi connectivity index (χ2n) is 13.5. The van der Waals surface area contributed by atoms with Crippen LogP contribution in [0.1, 0.15) is 90.4 Å². The van der Waals surface area contributed by atoms with E-state index in [1.165, 1.54) is 74.9 Å². The summed E-state index contributed by atoms with van der Waals surface area (Å²) in [6.07, 6.45) is 10.8. The van der Waals surface area contributed by atoms with Crippen LogP contribution < -0.4 is 4.57 Å². The van der Waals surface area contributed by atoms with Gasteiger partial charge in [0.2, 0.25) is 0 Å². The molecule has 4 heteroatoms. The molecule has 1 unspecified atom stereocenters. The fraction of sp³-hybridized carbons (Fsp3) is 0.317. The van der Waals surface area contributed by atoms with Gasteiger partial charge in [0.25, 0.3) is 5.69 Å². The van der Waals surface area contributed by atoms with E-state index in [1.54, 1.807) is 0 Å². The van der Waals surface area contributed by atoms with Gasteiger partial charge < -0.3 is 9.64 Å². The van der Waals surface area contributed by atoms with Gasteiger partial charge in [0.15, 0.2) is 12.7 Å². The summed E-state index contributed by atoms with van der Waals surface area (Å²) in [6, 6.07) is 29.0. The fourth-order valence-electron chi connectivity index (χ4n) is 6.83. The van der Waals surface area contributed by atoms with E-state index in [4.69, 9.17) is 4.74 Å². The molecule has 45 heavy (non-hydrogen) atoms. The lowest BCUT2D eigenvalue weighted by Crippen LogP contribution is -2.41. The van der Waals surface area contributed by atoms with Crippen LogP contribution in [0.15, 0.2) is 91.3 Å². The van der Waals surface area contributed by atoms with E-state index < -0.39 is 0 Å². The van der Waals surface area contributed by atoms with Crippen LogP contribution in [0.2, 0.25) is 0 Å². The number of carbonyl (C=O) groups excluding carboxylic acids is 1. The van der Waals surface area contributed by atoms with Crippen molar-refractivity contribution in [3.8, 4) is 0 Å². The second kappa shape index (κ2) is 12.5. The molecule has 0 amide bonds. The second-order valence-corrected chi connectivity index (χ2v) is 13.5. The number of hydrogen-bond acceptors (Lipinski definition) is 3. The highest BCUT2D eigenvalue weighted by Gasteiger charge is 2.29. The minimum Gasteiger partial charge on any atom is -0.461 e. The molecule has 1 aromatic heterocycles. The maximum absolute atomic E-state index is 12.5. The van der Waals surface area contributed by atoms with E-state index in [0.717, 1.165) is 12.8 Å². The van der Waals surface area contributed by atoms with E-state index in [1.807, 2.05) is 29.0 Å². The molecular formula is C41H45N2O2+. The number of ether oxygens (including phenoxy) is 1. The summed E-state index contributed by atoms with van der Waals surface area (Å²) in [7, 11) is 3.62. The van der Waals surface area contributed by atoms with Crippen LogP contribution in [0.3, 0.4) is 0 Å². The molecule has 1 atom stereocenters. The van der Waals surface area contributed by atoms with Crippen molar-refractivity contribution in [2.75, 3.05) is 14.2 Å². The van der Waals surface area contributed by atoms with E-state index in [0.29, 0.717) is 12.2 Å². The van der Waals surface area contributed by atoms with Gasteiger partial charge in [-0.3, -0.25) is 0 Å². The zero-order chi connectivity index (χ0) is 31.7. The normalized spacial score (nSPS) is 14.6. The number of hydrogen-bond donors (Lipinski definition) is 0. The Labute approximate surface area is 268 Å². The summed E-state index contributed by atoms with van der Waals surface area (Å²) in [5.41, 5.74) is 8.53. The first kappa shape index (κ1) is 30.6. The summed E-state index contributed by atoms with van der Waals surface area (Å²) >= 11 is 0. The van der Waals surface area contributed by atoms with Gasteiger partial charge in [-0.05, 0) is 85.3 Å². The molecule has 1 aliphatic heterocycles. The first-order chi connectivity index (χ1) is 21.7. The number of esters is 1. The molecule has 2 heterocycles. The van der Waals surface area contributed by atoms with Crippen molar-refractivity contribution in [1.29, 1.82) is 0 Å². The number of aromatic nitrogens is 1. The summed E-state index contributed by atoms with van der Waals surface area (Å²) in [6.45, 7) is 9.76. The summed E-state index contributed by atoms with van der Waals surface area (Å²) in [5, 5.41) is 5.23. The molecule has 230 valence electrons. The molecule has 0 aliphatic carbocycles. The Bertz CT molecular complexity index is 1910. The van der Waals surface area contributed by atoms with E-state index >= 15 is 0 Å². The molecule has 1 aliphatic rings. The molecule has 0 N–H and O–H groups in total. The molecule has 0 radical (unpaired) electrons. The van der Waals surface area contributed by atoms with E-state index in [2.05, 4.69) is 113 Å². The fourth-order valence-corrected chi connectivity index (χ4v) is 6.83. The van der Waals surface area contributed by atoms with Gasteiger partial charge in [-0.25, -0.2) is 4.79 Å². The monoisotopic (exact) mass is 597 g/mol. The lowest BCUT2D eigenvalue weighted by molar-refractivity contribution is -0.698. The molecule has 6 rings (SSSR count). The molecular weight excluding hydrogens is 552 g/mol. The van der Waals surface area contributed by atoms with Crippen LogP contribution >= 0.6 is 0 Å². The number of methoxy groups -OCH3 is 1. The zero-order valence-corrected chi connectivity index (χ0v) is 27.6. The number of unbranched alkanes of at least 4 members (excludes halogenated alkanes) is 1. The molecule has 0 bridgehead atoms. The number of aryl methyl sites for hydroxylation is 3. The lowest BCUT2D eigenvalue weighted by Gasteiger charge is -2.35. The zero-order valence-electron chi connectivity index (χ0n) is 27.6. The Hall–Kier alpha value is -4.44. The Morgan fingerprint density at radius 2 is 1.69 bits per heavy atom. The van der Waals surface area contributed by atoms with Crippen molar-refractivity contribution in [3.05, 3.63) is 130 Å². The smallest absolute Gasteiger partial charge is 0.403 e. The summed E-state index contributed by atoms with van der Waals surface area (Å²) in [5.74, 6) is -0.318. The van der Waals surface area contributed by atoms with Crippen LogP contribution in [0.5, 0.6) is 0 Å². The van der Waals surface area contributed by atoms with Crippen molar-refractivity contribution in [2.24, 2.45) is 0 Å². The minimum atomic E-state index is -0.318. The SMILES string of the molecule is CCCCc1ccc2c(ccc3c4c(ccc32)C(c2cc(C(C)(C)C)ccc2CC[n+]2ccccc2C(=O)OC)N(C)C=C4)c1. The Morgan fingerprint density at radius 1 is 0.889 bits per heavy atom. The maximum atomic E-state index is 12.5. The maximum Gasteiger partial charge on any atom is 0.403 e. The van der Waals surface area contributed by atoms with Crippen molar-refractivity contribution in [2.45, 2.75) is 71.4 Å². The van der Waals surface area contributed by atoms with Gasteiger partial charge in [0, 0.05) is 31.8 Å². The molecule has 5 aromatic rings. The standard InChI is InChI=1S/C41H45N2O2/c1-7-8-11-28-13-17-32-30(26-28)15-18-34-33(32)19-20-36-35(34)22-24-42(5)39(36)37-27-31(41(2,3)4)16-14-29(37)21-25-43-23-10-9-12-38(43)40(44)45-6/h9-10,12-20,22-24,26-27,39H,7-8,11,21,25H2,1-6H3/q+1. The summed E-state index contributed by atoms with van der Waals surface area (Å²) in [4.78, 5) is 14.8. The molecule has 0 saturated heterocycles. The summed E-state index contributed by atoms with van der Waals surface area (Å²) < 4.78 is 7.06. The third kappa shape index (κ3) is 5.99. The van der Waals surface area contributed by atoms with Crippen LogP contribution in [-0.4, -0.2) is 25.0 Å². The number of benzene rings is 4. The third-order valence-corrected chi connectivity index (χ3v) is 9.42. The number of pyridine rings is 1. The van der Waals surface area contributed by atoms with Gasteiger partial charge in [-0.2, -0.15) is 4.57 Å². The van der Waals surface area contributed by atoms with Crippen LogP contribution in [-0.2, 0) is 29.5 Å². The number of rotatable bonds is 8. The predicted octanol–water partition coefficient (Wildman–Crippen LogP) is 8.96. The number of carbonyl (C=O) groups is 1. The Kier molecular flexibility index (Phi) is 8.50. The average Bonchev–Trinajstić information content (AvgIpc) is 3.05. The van der Waals surface area contributed by atoms with Crippen LogP contribution in [0, 0.1) is 0 Å². The van der Waals surface area contributed by atoms with Gasteiger partial charge in [0.05, 0.1) is 13.2 Å². The molecule has 0 fully saturated rings. The van der Waals surface area contributed by atoms with E-state index in [9.17, 15) is 4.79 Å². The first-order valence-electron chi connectivity index (χ1n) is 16.3. The van der Waals surface area contributed by atoms with Gasteiger partial charge in [0.1, 0.15) is 0 Å². The first-order valence-corrected chi connectivity index (χ1v) is 16.3. The number of nitrogens with zero attached hydrogens (tertiary/aromatic N) is 2. The molecule has 4 nitrogen and oxygen atoms in total.